The van der Waals surface area contributed by atoms with Crippen LogP contribution in [-0.2, 0) is 0 Å². The van der Waals surface area contributed by atoms with Crippen LogP contribution in [0.25, 0.3) is 0 Å². The van der Waals surface area contributed by atoms with Gasteiger partial charge in [-0.25, -0.2) is 0 Å². The lowest BCUT2D eigenvalue weighted by Crippen LogP contribution is -2.30. The van der Waals surface area contributed by atoms with E-state index in [0.717, 1.165) is 34.7 Å². The van der Waals surface area contributed by atoms with E-state index in [0.29, 0.717) is 0 Å². The quantitative estimate of drug-likeness (QED) is 0.872. The Balaban J connectivity index is 1.69. The maximum atomic E-state index is 3.99. The maximum Gasteiger partial charge on any atom is 0.206 e. The van der Waals surface area contributed by atoms with Gasteiger partial charge in [0.25, 0.3) is 0 Å². The second kappa shape index (κ2) is 5.23. The number of nitrogens with one attached hydrogen (secondary N) is 1. The lowest BCUT2D eigenvalue weighted by Gasteiger charge is -2.19. The lowest BCUT2D eigenvalue weighted by atomic mass is 10.4. The van der Waals surface area contributed by atoms with Gasteiger partial charge in [0.05, 0.1) is 0 Å². The standard InChI is InChI=1S/C9H15BrN4S/c1-2-14(7-3-4-7)6-5-11-9-13-12-8(10)15-9/h7H,2-6H2,1H3,(H,11,13). The second-order valence-corrected chi connectivity index (χ2v) is 5.90. The van der Waals surface area contributed by atoms with Gasteiger partial charge in [-0.05, 0) is 35.3 Å². The molecule has 15 heavy (non-hydrogen) atoms. The fourth-order valence-electron chi connectivity index (χ4n) is 1.62. The van der Waals surface area contributed by atoms with E-state index in [1.807, 2.05) is 0 Å². The van der Waals surface area contributed by atoms with Crippen molar-refractivity contribution < 1.29 is 0 Å². The van der Waals surface area contributed by atoms with Crippen molar-refractivity contribution in [2.24, 2.45) is 0 Å². The molecule has 4 nitrogen and oxygen atoms in total. The molecule has 1 heterocycles. The highest BCUT2D eigenvalue weighted by Crippen LogP contribution is 2.26. The molecule has 84 valence electrons. The van der Waals surface area contributed by atoms with Gasteiger partial charge in [-0.3, -0.25) is 4.90 Å². The summed E-state index contributed by atoms with van der Waals surface area (Å²) in [5.74, 6) is 0. The first-order valence-electron chi connectivity index (χ1n) is 5.26. The van der Waals surface area contributed by atoms with Gasteiger partial charge < -0.3 is 5.32 Å². The monoisotopic (exact) mass is 290 g/mol. The molecule has 2 rings (SSSR count). The normalized spacial score (nSPS) is 15.9. The van der Waals surface area contributed by atoms with Gasteiger partial charge in [-0.1, -0.05) is 18.3 Å². The third-order valence-corrected chi connectivity index (χ3v) is 3.86. The van der Waals surface area contributed by atoms with E-state index in [2.05, 4.69) is 43.3 Å². The van der Waals surface area contributed by atoms with Crippen LogP contribution in [-0.4, -0.2) is 40.8 Å². The topological polar surface area (TPSA) is 41.0 Å². The molecule has 0 bridgehead atoms. The summed E-state index contributed by atoms with van der Waals surface area (Å²) in [6, 6.07) is 0.845. The van der Waals surface area contributed by atoms with Crippen LogP contribution in [0.1, 0.15) is 19.8 Å². The van der Waals surface area contributed by atoms with E-state index in [4.69, 9.17) is 0 Å². The molecule has 0 saturated heterocycles. The fraction of sp³-hybridized carbons (Fsp3) is 0.778. The summed E-state index contributed by atoms with van der Waals surface area (Å²) < 4.78 is 0.833. The van der Waals surface area contributed by atoms with Crippen LogP contribution >= 0.6 is 27.3 Å². The van der Waals surface area contributed by atoms with Gasteiger partial charge in [-0.15, -0.1) is 10.2 Å². The van der Waals surface area contributed by atoms with Crippen molar-refractivity contribution in [3.05, 3.63) is 3.92 Å². The predicted molar refractivity (Wildman–Crippen MR) is 66.4 cm³/mol. The molecule has 1 saturated carbocycles. The Bertz CT molecular complexity index is 313. The summed E-state index contributed by atoms with van der Waals surface area (Å²) in [7, 11) is 0. The maximum absolute atomic E-state index is 3.99. The first-order valence-corrected chi connectivity index (χ1v) is 6.87. The summed E-state index contributed by atoms with van der Waals surface area (Å²) in [6.45, 7) is 5.41. The zero-order valence-electron chi connectivity index (χ0n) is 8.74. The van der Waals surface area contributed by atoms with Crippen molar-refractivity contribution in [3.63, 3.8) is 0 Å². The first-order chi connectivity index (χ1) is 7.29. The highest BCUT2D eigenvalue weighted by atomic mass is 79.9. The Kier molecular flexibility index (Phi) is 3.93. The number of hydrogen-bond donors (Lipinski definition) is 1. The number of hydrogen-bond acceptors (Lipinski definition) is 5. The average Bonchev–Trinajstić information content (AvgIpc) is 2.98. The molecule has 1 fully saturated rings. The molecule has 0 unspecified atom stereocenters. The molecule has 0 amide bonds. The van der Waals surface area contributed by atoms with Crippen LogP contribution in [0.15, 0.2) is 3.92 Å². The molecule has 0 spiro atoms. The fourth-order valence-corrected chi connectivity index (χ4v) is 2.66. The molecule has 1 aliphatic rings. The van der Waals surface area contributed by atoms with E-state index in [1.54, 1.807) is 0 Å². The van der Waals surface area contributed by atoms with E-state index in [1.165, 1.54) is 24.2 Å². The third kappa shape index (κ3) is 3.39. The van der Waals surface area contributed by atoms with Crippen molar-refractivity contribution in [2.45, 2.75) is 25.8 Å². The minimum Gasteiger partial charge on any atom is -0.359 e. The van der Waals surface area contributed by atoms with Crippen LogP contribution < -0.4 is 5.32 Å². The summed E-state index contributed by atoms with van der Waals surface area (Å²) in [5, 5.41) is 12.1. The van der Waals surface area contributed by atoms with Gasteiger partial charge in [-0.2, -0.15) is 0 Å². The van der Waals surface area contributed by atoms with Gasteiger partial charge in [0.15, 0.2) is 3.92 Å². The van der Waals surface area contributed by atoms with Crippen molar-refractivity contribution in [1.82, 2.24) is 15.1 Å². The summed E-state index contributed by atoms with van der Waals surface area (Å²) >= 11 is 4.83. The molecule has 6 heteroatoms. The first kappa shape index (κ1) is 11.3. The van der Waals surface area contributed by atoms with Gasteiger partial charge in [0.1, 0.15) is 0 Å². The van der Waals surface area contributed by atoms with Gasteiger partial charge in [0, 0.05) is 19.1 Å². The Labute approximate surface area is 102 Å². The minimum absolute atomic E-state index is 0.833. The highest BCUT2D eigenvalue weighted by Gasteiger charge is 2.27. The summed E-state index contributed by atoms with van der Waals surface area (Å²) in [4.78, 5) is 2.52. The number of anilines is 1. The van der Waals surface area contributed by atoms with Crippen molar-refractivity contribution in [3.8, 4) is 0 Å². The zero-order chi connectivity index (χ0) is 10.7. The molecule has 0 aromatic carbocycles. The number of halogens is 1. The van der Waals surface area contributed by atoms with Crippen molar-refractivity contribution in [1.29, 1.82) is 0 Å². The van der Waals surface area contributed by atoms with Crippen LogP contribution in [0, 0.1) is 0 Å². The van der Waals surface area contributed by atoms with E-state index in [-0.39, 0.29) is 0 Å². The molecule has 0 aliphatic heterocycles. The van der Waals surface area contributed by atoms with Crippen molar-refractivity contribution >= 4 is 32.4 Å². The largest absolute Gasteiger partial charge is 0.359 e. The smallest absolute Gasteiger partial charge is 0.206 e. The number of likely N-dealkylation sites (N-methyl/N-ethyl adjacent to an activating group) is 1. The third-order valence-electron chi connectivity index (χ3n) is 2.55. The molecule has 1 aromatic heterocycles. The van der Waals surface area contributed by atoms with Crippen LogP contribution in [0.4, 0.5) is 5.13 Å². The van der Waals surface area contributed by atoms with E-state index < -0.39 is 0 Å². The minimum atomic E-state index is 0.833. The van der Waals surface area contributed by atoms with Crippen LogP contribution in [0.3, 0.4) is 0 Å². The Morgan fingerprint density at radius 3 is 2.87 bits per heavy atom. The molecular formula is C9H15BrN4S. The molecule has 1 aromatic rings. The SMILES string of the molecule is CCN(CCNc1nnc(Br)s1)C1CC1. The van der Waals surface area contributed by atoms with Crippen LogP contribution in [0.2, 0.25) is 0 Å². The summed E-state index contributed by atoms with van der Waals surface area (Å²) in [5.41, 5.74) is 0. The average molecular weight is 291 g/mol. The van der Waals surface area contributed by atoms with E-state index in [9.17, 15) is 0 Å². The van der Waals surface area contributed by atoms with Gasteiger partial charge in [0.2, 0.25) is 5.13 Å². The number of nitrogens with zero attached hydrogens (tertiary/aromatic N) is 3. The predicted octanol–water partition coefficient (Wildman–Crippen LogP) is 2.20. The van der Waals surface area contributed by atoms with Crippen molar-refractivity contribution in [2.75, 3.05) is 25.0 Å². The number of rotatable bonds is 6. The molecule has 1 aliphatic carbocycles. The van der Waals surface area contributed by atoms with E-state index >= 15 is 0 Å². The zero-order valence-corrected chi connectivity index (χ0v) is 11.1. The van der Waals surface area contributed by atoms with Gasteiger partial charge >= 0.3 is 0 Å². The van der Waals surface area contributed by atoms with Crippen LogP contribution in [0.5, 0.6) is 0 Å². The summed E-state index contributed by atoms with van der Waals surface area (Å²) in [6.07, 6.45) is 2.75. The Morgan fingerprint density at radius 2 is 2.33 bits per heavy atom. The Morgan fingerprint density at radius 1 is 1.53 bits per heavy atom. The molecule has 0 radical (unpaired) electrons. The lowest BCUT2D eigenvalue weighted by molar-refractivity contribution is 0.289. The molecule has 1 N–H and O–H groups in total. The molecule has 0 atom stereocenters. The molecular weight excluding hydrogens is 276 g/mol. The highest BCUT2D eigenvalue weighted by molar-refractivity contribution is 9.11. The number of aromatic nitrogens is 2. The second-order valence-electron chi connectivity index (χ2n) is 3.65. The Hall–Kier alpha value is -0.200.